The second-order valence-corrected chi connectivity index (χ2v) is 23.2. The predicted molar refractivity (Wildman–Crippen MR) is 365 cm³/mol. The van der Waals surface area contributed by atoms with Crippen LogP contribution in [0.4, 0.5) is 0 Å². The number of hydrogen-bond donors (Lipinski definition) is 2. The second-order valence-electron chi connectivity index (χ2n) is 21.4. The fourth-order valence-corrected chi connectivity index (χ4v) is 13.8. The first-order valence-electron chi connectivity index (χ1n) is 28.0. The molecule has 17 aromatic carbocycles. The fourth-order valence-electron chi connectivity index (χ4n) is 13.3. The van der Waals surface area contributed by atoms with Crippen LogP contribution in [-0.2, 0) is 0 Å². The Kier molecular flexibility index (Phi) is 12.8. The van der Waals surface area contributed by atoms with Gasteiger partial charge in [-0.2, -0.15) is 0 Å². The summed E-state index contributed by atoms with van der Waals surface area (Å²) < 4.78 is 2.22. The highest BCUT2D eigenvalue weighted by Gasteiger charge is 2.21. The first kappa shape index (κ1) is 50.7. The van der Waals surface area contributed by atoms with Gasteiger partial charge in [-0.15, -0.1) is 0 Å². The largest absolute Gasteiger partial charge is 0.489 e. The van der Waals surface area contributed by atoms with Crippen LogP contribution in [0.25, 0.3) is 152 Å². The summed E-state index contributed by atoms with van der Waals surface area (Å²) in [5.41, 5.74) is 5.53. The summed E-state index contributed by atoms with van der Waals surface area (Å²) in [5.74, 6) is 0. The van der Waals surface area contributed by atoms with E-state index in [0.717, 1.165) is 35.9 Å². The SMILES string of the molecule is Brc1ccc(Br)cc1.OB(O)c1cc2c3ccccc3c3ccccc3c2c2ccccc12.c1ccc2c(c1)c(-c1ccc(-c3cc4c5ccccc5c5ccccc5c4c4ccccc34)cc1)cc1c3ccccc3c3ccccc3c21. The van der Waals surface area contributed by atoms with Crippen molar-refractivity contribution in [2.45, 2.75) is 0 Å². The van der Waals surface area contributed by atoms with Crippen LogP contribution >= 0.6 is 31.9 Å². The summed E-state index contributed by atoms with van der Waals surface area (Å²) in [4.78, 5) is 0. The van der Waals surface area contributed by atoms with Crippen molar-refractivity contribution in [3.8, 4) is 22.3 Å². The van der Waals surface area contributed by atoms with Gasteiger partial charge in [0.1, 0.15) is 0 Å². The number of fused-ring (bicyclic) bond motifs is 24. The summed E-state index contributed by atoms with van der Waals surface area (Å²) in [6.07, 6.45) is 0. The Labute approximate surface area is 496 Å². The quantitative estimate of drug-likeness (QED) is 0.137. The van der Waals surface area contributed by atoms with E-state index in [-0.39, 0.29) is 0 Å². The van der Waals surface area contributed by atoms with Crippen LogP contribution in [0.1, 0.15) is 0 Å². The van der Waals surface area contributed by atoms with Gasteiger partial charge >= 0.3 is 7.12 Å². The van der Waals surface area contributed by atoms with Crippen molar-refractivity contribution in [2.75, 3.05) is 0 Å². The number of benzene rings is 17. The number of rotatable bonds is 3. The summed E-state index contributed by atoms with van der Waals surface area (Å²) in [7, 11) is -1.50. The normalized spacial score (nSPS) is 11.6. The van der Waals surface area contributed by atoms with Gasteiger partial charge in [-0.05, 0) is 193 Å². The molecule has 390 valence electrons. The first-order valence-corrected chi connectivity index (χ1v) is 29.6. The molecule has 0 saturated heterocycles. The molecule has 0 radical (unpaired) electrons. The van der Waals surface area contributed by atoms with Gasteiger partial charge in [-0.1, -0.05) is 281 Å². The summed E-state index contributed by atoms with van der Waals surface area (Å²) in [5, 5.41) is 49.5. The molecular weight excluding hydrogens is 1140 g/mol. The average Bonchev–Trinajstić information content (AvgIpc) is 2.59. The molecule has 0 aliphatic rings. The number of hydrogen-bond acceptors (Lipinski definition) is 2. The Morgan fingerprint density at radius 3 is 0.699 bits per heavy atom. The molecule has 0 atom stereocenters. The third-order valence-electron chi connectivity index (χ3n) is 16.9. The maximum absolute atomic E-state index is 9.92. The standard InChI is InChI=1S/C50H30.C22H15BO2.C6H4Br2/c1-3-17-37-33(13-1)35-15-5-9-21-41(35)49-43-23-11-7-19-39(43)45(29-47(37)49)31-25-27-32(28-26-31)46-30-48-38-18-4-2-14-34(38)36-16-6-10-22-42(36)50(48)44-24-12-8-20-40(44)46;24-23(25)21-13-20-16-9-2-1-7-14(16)15-8-3-5-11-18(15)22(20)19-12-6-4-10-17(19)21;7-5-1-2-6(8)4-3-5/h1-30H;1-13,24-25H;1-4H. The minimum Gasteiger partial charge on any atom is -0.423 e. The van der Waals surface area contributed by atoms with E-state index in [1.165, 1.54) is 125 Å². The van der Waals surface area contributed by atoms with Crippen LogP contribution < -0.4 is 5.46 Å². The van der Waals surface area contributed by atoms with Crippen LogP contribution in [-0.4, -0.2) is 17.2 Å². The van der Waals surface area contributed by atoms with Gasteiger partial charge in [0.25, 0.3) is 0 Å². The smallest absolute Gasteiger partial charge is 0.423 e. The van der Waals surface area contributed by atoms with Crippen molar-refractivity contribution in [3.05, 3.63) is 294 Å². The van der Waals surface area contributed by atoms with E-state index < -0.39 is 7.12 Å². The first-order chi connectivity index (χ1) is 40.9. The third-order valence-corrected chi connectivity index (χ3v) is 17.9. The van der Waals surface area contributed by atoms with Gasteiger partial charge in [0.15, 0.2) is 0 Å². The van der Waals surface area contributed by atoms with Crippen molar-refractivity contribution in [3.63, 3.8) is 0 Å². The molecule has 83 heavy (non-hydrogen) atoms. The van der Waals surface area contributed by atoms with Gasteiger partial charge < -0.3 is 10.0 Å². The van der Waals surface area contributed by atoms with Crippen LogP contribution in [0.2, 0.25) is 0 Å². The Hall–Kier alpha value is -9.20. The molecule has 17 rings (SSSR count). The second kappa shape index (κ2) is 21.0. The predicted octanol–water partition coefficient (Wildman–Crippen LogP) is 21.4. The minimum atomic E-state index is -1.50. The zero-order chi connectivity index (χ0) is 55.7. The zero-order valence-corrected chi connectivity index (χ0v) is 48.0. The van der Waals surface area contributed by atoms with Gasteiger partial charge in [-0.25, -0.2) is 0 Å². The maximum atomic E-state index is 9.92. The van der Waals surface area contributed by atoms with Gasteiger partial charge in [0.05, 0.1) is 0 Å². The maximum Gasteiger partial charge on any atom is 0.489 e. The molecule has 17 aromatic rings. The highest BCUT2D eigenvalue weighted by atomic mass is 79.9. The van der Waals surface area contributed by atoms with Crippen LogP contribution in [0, 0.1) is 0 Å². The van der Waals surface area contributed by atoms with Crippen LogP contribution in [0.5, 0.6) is 0 Å². The Morgan fingerprint density at radius 2 is 0.410 bits per heavy atom. The molecule has 2 nitrogen and oxygen atoms in total. The molecule has 0 aromatic heterocycles. The fraction of sp³-hybridized carbons (Fsp3) is 0. The van der Waals surface area contributed by atoms with Crippen molar-refractivity contribution in [1.82, 2.24) is 0 Å². The summed E-state index contributed by atoms with van der Waals surface area (Å²) in [6, 6.07) is 102. The molecule has 0 aliphatic carbocycles. The zero-order valence-electron chi connectivity index (χ0n) is 44.9. The van der Waals surface area contributed by atoms with Crippen LogP contribution in [0.3, 0.4) is 0 Å². The Balaban J connectivity index is 0.000000147. The van der Waals surface area contributed by atoms with Crippen molar-refractivity contribution in [1.29, 1.82) is 0 Å². The minimum absolute atomic E-state index is 0.545. The van der Waals surface area contributed by atoms with E-state index in [1.807, 2.05) is 60.7 Å². The highest BCUT2D eigenvalue weighted by molar-refractivity contribution is 9.11. The lowest BCUT2D eigenvalue weighted by atomic mass is 9.75. The molecule has 5 heteroatoms. The van der Waals surface area contributed by atoms with Gasteiger partial charge in [0, 0.05) is 8.95 Å². The average molecular weight is 1190 g/mol. The molecule has 0 heterocycles. The molecule has 0 spiro atoms. The van der Waals surface area contributed by atoms with Gasteiger partial charge in [-0.3, -0.25) is 0 Å². The van der Waals surface area contributed by atoms with E-state index in [0.29, 0.717) is 5.46 Å². The van der Waals surface area contributed by atoms with E-state index in [2.05, 4.69) is 256 Å². The van der Waals surface area contributed by atoms with E-state index in [1.54, 1.807) is 0 Å². The number of halogens is 2. The van der Waals surface area contributed by atoms with E-state index >= 15 is 0 Å². The topological polar surface area (TPSA) is 40.5 Å². The highest BCUT2D eigenvalue weighted by Crippen LogP contribution is 2.46. The van der Waals surface area contributed by atoms with E-state index in [4.69, 9.17) is 0 Å². The lowest BCUT2D eigenvalue weighted by Crippen LogP contribution is -2.30. The van der Waals surface area contributed by atoms with Crippen LogP contribution in [0.15, 0.2) is 294 Å². The van der Waals surface area contributed by atoms with Crippen molar-refractivity contribution >= 4 is 174 Å². The Morgan fingerprint density at radius 1 is 0.205 bits per heavy atom. The molecule has 0 saturated carbocycles. The molecule has 0 unspecified atom stereocenters. The monoisotopic (exact) mass is 1190 g/mol. The Bertz CT molecular complexity index is 5210. The third kappa shape index (κ3) is 8.62. The van der Waals surface area contributed by atoms with Crippen molar-refractivity contribution in [2.24, 2.45) is 0 Å². The molecule has 0 amide bonds. The molecular formula is C78H49BBr2O2. The summed E-state index contributed by atoms with van der Waals surface area (Å²) >= 11 is 6.65. The molecule has 0 bridgehead atoms. The molecule has 2 N–H and O–H groups in total. The van der Waals surface area contributed by atoms with E-state index in [9.17, 15) is 10.0 Å². The lowest BCUT2D eigenvalue weighted by Gasteiger charge is -2.17. The van der Waals surface area contributed by atoms with Gasteiger partial charge in [0.2, 0.25) is 0 Å². The lowest BCUT2D eigenvalue weighted by molar-refractivity contribution is 0.426. The summed E-state index contributed by atoms with van der Waals surface area (Å²) in [6.45, 7) is 0. The molecule has 0 aliphatic heterocycles. The molecule has 0 fully saturated rings. The van der Waals surface area contributed by atoms with Crippen molar-refractivity contribution < 1.29 is 10.0 Å².